The third-order valence-electron chi connectivity index (χ3n) is 3.57. The number of nitrogens with zero attached hydrogens (tertiary/aromatic N) is 1. The van der Waals surface area contributed by atoms with Crippen molar-refractivity contribution >= 4 is 21.9 Å². The van der Waals surface area contributed by atoms with Crippen LogP contribution in [0, 0.1) is 5.41 Å². The fourth-order valence-electron chi connectivity index (χ4n) is 2.23. The molecule has 0 aliphatic carbocycles. The number of carboxylic acids is 1. The molecule has 0 aromatic carbocycles. The molecule has 94 valence electrons. The Hall–Kier alpha value is -0.810. The van der Waals surface area contributed by atoms with Gasteiger partial charge in [-0.25, -0.2) is 0 Å². The van der Waals surface area contributed by atoms with E-state index in [1.807, 2.05) is 19.1 Å². The highest BCUT2D eigenvalue weighted by atomic mass is 79.9. The lowest BCUT2D eigenvalue weighted by molar-refractivity contribution is -0.147. The van der Waals surface area contributed by atoms with Crippen LogP contribution in [0.5, 0.6) is 0 Å². The summed E-state index contributed by atoms with van der Waals surface area (Å²) < 4.78 is 6.22. The first-order chi connectivity index (χ1) is 7.92. The van der Waals surface area contributed by atoms with E-state index in [9.17, 15) is 9.90 Å². The minimum absolute atomic E-state index is 0.113. The second kappa shape index (κ2) is 4.46. The van der Waals surface area contributed by atoms with Crippen LogP contribution in [0.3, 0.4) is 0 Å². The van der Waals surface area contributed by atoms with Gasteiger partial charge in [-0.3, -0.25) is 9.69 Å². The molecule has 0 spiro atoms. The van der Waals surface area contributed by atoms with Gasteiger partial charge in [0.25, 0.3) is 0 Å². The average Bonchev–Trinajstić information content (AvgIpc) is 2.85. The van der Waals surface area contributed by atoms with Crippen molar-refractivity contribution in [3.63, 3.8) is 0 Å². The van der Waals surface area contributed by atoms with E-state index in [0.717, 1.165) is 12.3 Å². The van der Waals surface area contributed by atoms with Gasteiger partial charge in [0.2, 0.25) is 0 Å². The summed E-state index contributed by atoms with van der Waals surface area (Å²) in [5, 5.41) is 9.19. The maximum absolute atomic E-state index is 11.2. The third kappa shape index (κ3) is 2.40. The van der Waals surface area contributed by atoms with Gasteiger partial charge in [0.1, 0.15) is 5.76 Å². The average molecular weight is 302 g/mol. The Labute approximate surface area is 109 Å². The molecule has 1 aromatic heterocycles. The number of furan rings is 1. The van der Waals surface area contributed by atoms with Crippen molar-refractivity contribution in [1.82, 2.24) is 4.90 Å². The summed E-state index contributed by atoms with van der Waals surface area (Å²) in [7, 11) is 0. The van der Waals surface area contributed by atoms with Crippen LogP contribution in [0.2, 0.25) is 0 Å². The van der Waals surface area contributed by atoms with E-state index in [4.69, 9.17) is 4.42 Å². The molecule has 1 saturated heterocycles. The summed E-state index contributed by atoms with van der Waals surface area (Å²) in [6.45, 7) is 5.21. The van der Waals surface area contributed by atoms with E-state index in [2.05, 4.69) is 20.8 Å². The lowest BCUT2D eigenvalue weighted by Crippen LogP contribution is -2.32. The lowest BCUT2D eigenvalue weighted by atomic mass is 9.90. The van der Waals surface area contributed by atoms with Crippen molar-refractivity contribution in [3.8, 4) is 0 Å². The first kappa shape index (κ1) is 12.6. The van der Waals surface area contributed by atoms with Gasteiger partial charge in [-0.1, -0.05) is 0 Å². The molecule has 2 unspecified atom stereocenters. The number of aliphatic carboxylic acids is 1. The van der Waals surface area contributed by atoms with Crippen molar-refractivity contribution in [2.75, 3.05) is 13.1 Å². The van der Waals surface area contributed by atoms with Crippen LogP contribution >= 0.6 is 15.9 Å². The molecule has 17 heavy (non-hydrogen) atoms. The van der Waals surface area contributed by atoms with Gasteiger partial charge >= 0.3 is 5.97 Å². The van der Waals surface area contributed by atoms with Gasteiger partial charge in [-0.05, 0) is 48.3 Å². The van der Waals surface area contributed by atoms with Crippen LogP contribution in [0.1, 0.15) is 32.1 Å². The minimum Gasteiger partial charge on any atom is -0.481 e. The van der Waals surface area contributed by atoms with E-state index < -0.39 is 11.4 Å². The van der Waals surface area contributed by atoms with Gasteiger partial charge < -0.3 is 9.52 Å². The van der Waals surface area contributed by atoms with Crippen LogP contribution in [0.4, 0.5) is 0 Å². The van der Waals surface area contributed by atoms with Crippen LogP contribution in [0.15, 0.2) is 21.2 Å². The van der Waals surface area contributed by atoms with Crippen LogP contribution < -0.4 is 0 Å². The summed E-state index contributed by atoms with van der Waals surface area (Å²) in [6, 6.07) is 3.89. The summed E-state index contributed by atoms with van der Waals surface area (Å²) in [6.07, 6.45) is 0.689. The summed E-state index contributed by atoms with van der Waals surface area (Å²) in [5.41, 5.74) is -0.627. The fourth-order valence-corrected chi connectivity index (χ4v) is 2.55. The largest absolute Gasteiger partial charge is 0.481 e. The number of rotatable bonds is 3. The first-order valence-corrected chi connectivity index (χ1v) is 6.44. The molecule has 4 nitrogen and oxygen atoms in total. The van der Waals surface area contributed by atoms with Crippen molar-refractivity contribution in [3.05, 3.63) is 22.6 Å². The molecule has 0 bridgehead atoms. The zero-order valence-electron chi connectivity index (χ0n) is 9.94. The summed E-state index contributed by atoms with van der Waals surface area (Å²) in [5.74, 6) is 0.152. The smallest absolute Gasteiger partial charge is 0.310 e. The molecule has 1 aromatic rings. The minimum atomic E-state index is -0.715. The zero-order valence-corrected chi connectivity index (χ0v) is 11.5. The maximum atomic E-state index is 11.2. The van der Waals surface area contributed by atoms with Gasteiger partial charge in [-0.15, -0.1) is 0 Å². The monoisotopic (exact) mass is 301 g/mol. The second-order valence-corrected chi connectivity index (χ2v) is 5.69. The highest BCUT2D eigenvalue weighted by Crippen LogP contribution is 2.36. The molecule has 1 aliphatic rings. The molecule has 2 rings (SSSR count). The summed E-state index contributed by atoms with van der Waals surface area (Å²) >= 11 is 3.28. The normalized spacial score (nSPS) is 27.2. The fraction of sp³-hybridized carbons (Fsp3) is 0.583. The Balaban J connectivity index is 2.08. The quantitative estimate of drug-likeness (QED) is 0.933. The Morgan fingerprint density at radius 2 is 2.35 bits per heavy atom. The molecule has 2 atom stereocenters. The first-order valence-electron chi connectivity index (χ1n) is 5.65. The standard InChI is InChI=1S/C12H16BrNO3/c1-8(9-3-4-10(13)17-9)14-6-5-12(2,7-14)11(15)16/h3-4,8H,5-7H2,1-2H3,(H,15,16). The summed E-state index contributed by atoms with van der Waals surface area (Å²) in [4.78, 5) is 13.3. The van der Waals surface area contributed by atoms with Gasteiger partial charge in [0.15, 0.2) is 4.67 Å². The van der Waals surface area contributed by atoms with Crippen molar-refractivity contribution in [2.45, 2.75) is 26.3 Å². The van der Waals surface area contributed by atoms with E-state index in [-0.39, 0.29) is 6.04 Å². The van der Waals surface area contributed by atoms with Crippen molar-refractivity contribution < 1.29 is 14.3 Å². The van der Waals surface area contributed by atoms with Crippen molar-refractivity contribution in [2.24, 2.45) is 5.41 Å². The molecule has 2 heterocycles. The number of hydrogen-bond acceptors (Lipinski definition) is 3. The number of hydrogen-bond donors (Lipinski definition) is 1. The number of likely N-dealkylation sites (tertiary alicyclic amines) is 1. The lowest BCUT2D eigenvalue weighted by Gasteiger charge is -2.24. The number of carboxylic acid groups (broad SMARTS) is 1. The predicted octanol–water partition coefficient (Wildman–Crippen LogP) is 2.90. The molecule has 1 N–H and O–H groups in total. The number of carbonyl (C=O) groups is 1. The second-order valence-electron chi connectivity index (χ2n) is 4.90. The maximum Gasteiger partial charge on any atom is 0.310 e. The van der Waals surface area contributed by atoms with Crippen LogP contribution in [0.25, 0.3) is 0 Å². The van der Waals surface area contributed by atoms with Gasteiger partial charge in [-0.2, -0.15) is 0 Å². The van der Waals surface area contributed by atoms with E-state index in [1.165, 1.54) is 0 Å². The topological polar surface area (TPSA) is 53.7 Å². The molecular formula is C12H16BrNO3. The SMILES string of the molecule is CC(c1ccc(Br)o1)N1CCC(C)(C(=O)O)C1. The Bertz CT molecular complexity index is 431. The molecule has 0 saturated carbocycles. The molecule has 1 aliphatic heterocycles. The highest BCUT2D eigenvalue weighted by molar-refractivity contribution is 9.10. The number of halogens is 1. The zero-order chi connectivity index (χ0) is 12.6. The van der Waals surface area contributed by atoms with E-state index in [1.54, 1.807) is 6.92 Å². The molecular weight excluding hydrogens is 286 g/mol. The van der Waals surface area contributed by atoms with E-state index >= 15 is 0 Å². The van der Waals surface area contributed by atoms with Crippen molar-refractivity contribution in [1.29, 1.82) is 0 Å². The third-order valence-corrected chi connectivity index (χ3v) is 4.00. The molecule has 1 fully saturated rings. The Morgan fingerprint density at radius 1 is 1.65 bits per heavy atom. The predicted molar refractivity (Wildman–Crippen MR) is 66.8 cm³/mol. The highest BCUT2D eigenvalue weighted by Gasteiger charge is 2.42. The molecule has 0 amide bonds. The Morgan fingerprint density at radius 3 is 2.82 bits per heavy atom. The van der Waals surface area contributed by atoms with Gasteiger partial charge in [0.05, 0.1) is 11.5 Å². The van der Waals surface area contributed by atoms with E-state index in [0.29, 0.717) is 17.6 Å². The molecule has 5 heteroatoms. The Kier molecular flexibility index (Phi) is 3.32. The van der Waals surface area contributed by atoms with Crippen LogP contribution in [-0.4, -0.2) is 29.1 Å². The van der Waals surface area contributed by atoms with Gasteiger partial charge in [0, 0.05) is 13.1 Å². The molecule has 0 radical (unpaired) electrons. The van der Waals surface area contributed by atoms with Crippen LogP contribution in [-0.2, 0) is 4.79 Å².